The third-order valence-corrected chi connectivity index (χ3v) is 5.97. The fourth-order valence-electron chi connectivity index (χ4n) is 3.16. The van der Waals surface area contributed by atoms with Crippen molar-refractivity contribution in [2.75, 3.05) is 12.8 Å². The van der Waals surface area contributed by atoms with Crippen molar-refractivity contribution in [1.29, 1.82) is 0 Å². The van der Waals surface area contributed by atoms with Gasteiger partial charge in [0.05, 0.1) is 5.00 Å². The molecular weight excluding hydrogens is 377 g/mol. The van der Waals surface area contributed by atoms with E-state index in [4.69, 9.17) is 11.5 Å². The number of hydrogen-bond acceptors (Lipinski definition) is 5. The first-order chi connectivity index (χ1) is 12.4. The second-order valence-corrected chi connectivity index (χ2v) is 7.85. The van der Waals surface area contributed by atoms with Crippen LogP contribution in [0.2, 0.25) is 0 Å². The molecule has 9 heteroatoms. The smallest absolute Gasteiger partial charge is 0.274 e. The highest BCUT2D eigenvalue weighted by Gasteiger charge is 2.62. The van der Waals surface area contributed by atoms with E-state index in [1.807, 2.05) is 0 Å². The summed E-state index contributed by atoms with van der Waals surface area (Å²) in [5, 5.41) is 0.426. The molecule has 0 bridgehead atoms. The van der Waals surface area contributed by atoms with Crippen molar-refractivity contribution in [3.8, 4) is 0 Å². The van der Waals surface area contributed by atoms with Crippen molar-refractivity contribution in [3.05, 3.63) is 52.4 Å². The van der Waals surface area contributed by atoms with E-state index in [0.29, 0.717) is 9.88 Å². The minimum atomic E-state index is -3.08. The summed E-state index contributed by atoms with van der Waals surface area (Å²) in [7, 11) is 1.31. The monoisotopic (exact) mass is 396 g/mol. The van der Waals surface area contributed by atoms with Crippen LogP contribution in [0.1, 0.15) is 29.9 Å². The maximum Gasteiger partial charge on any atom is 0.274 e. The predicted molar refractivity (Wildman–Crippen MR) is 99.3 cm³/mol. The molecule has 1 amide bonds. The molecule has 2 aromatic rings. The average molecular weight is 396 g/mol. The first-order valence-corrected chi connectivity index (χ1v) is 8.90. The van der Waals surface area contributed by atoms with Crippen LogP contribution >= 0.6 is 11.3 Å². The van der Waals surface area contributed by atoms with Crippen molar-refractivity contribution >= 4 is 28.2 Å². The first kappa shape index (κ1) is 19.2. The largest absolute Gasteiger partial charge is 0.391 e. The Kier molecular flexibility index (Phi) is 4.26. The Balaban J connectivity index is 2.23. The molecule has 0 spiro atoms. The van der Waals surface area contributed by atoms with Crippen LogP contribution in [0, 0.1) is 0 Å². The van der Waals surface area contributed by atoms with Crippen LogP contribution < -0.4 is 11.5 Å². The zero-order valence-electron chi connectivity index (χ0n) is 15.0. The normalized spacial score (nSPS) is 26.2. The third kappa shape index (κ3) is 2.77. The van der Waals surface area contributed by atoms with E-state index < -0.39 is 23.0 Å². The zero-order chi connectivity index (χ0) is 20.2. The molecule has 1 aromatic carbocycles. The number of likely N-dealkylation sites (N-methyl/N-ethyl adjacent to an activating group) is 1. The van der Waals surface area contributed by atoms with Crippen LogP contribution in [0.5, 0.6) is 0 Å². The molecule has 0 radical (unpaired) electrons. The lowest BCUT2D eigenvalue weighted by Gasteiger charge is -2.44. The number of aliphatic imine (C=N–C) groups is 1. The summed E-state index contributed by atoms with van der Waals surface area (Å²) >= 11 is 1.09. The molecule has 0 saturated heterocycles. The molecular formula is C18H19F3N4OS. The van der Waals surface area contributed by atoms with E-state index >= 15 is 4.39 Å². The molecule has 2 atom stereocenters. The van der Waals surface area contributed by atoms with Gasteiger partial charge in [-0.25, -0.2) is 18.2 Å². The number of thiophene rings is 1. The summed E-state index contributed by atoms with van der Waals surface area (Å²) in [4.78, 5) is 18.5. The topological polar surface area (TPSA) is 84.7 Å². The Morgan fingerprint density at radius 1 is 1.15 bits per heavy atom. The Bertz CT molecular complexity index is 921. The van der Waals surface area contributed by atoms with E-state index in [1.165, 1.54) is 26.1 Å². The molecule has 1 aromatic heterocycles. The maximum atomic E-state index is 16.5. The molecule has 0 unspecified atom stereocenters. The number of nitrogen functional groups attached to an aromatic ring is 1. The second-order valence-electron chi connectivity index (χ2n) is 6.73. The Morgan fingerprint density at radius 2 is 1.74 bits per heavy atom. The quantitative estimate of drug-likeness (QED) is 0.835. The maximum absolute atomic E-state index is 16.5. The van der Waals surface area contributed by atoms with E-state index in [-0.39, 0.29) is 17.1 Å². The van der Waals surface area contributed by atoms with Crippen molar-refractivity contribution in [1.82, 2.24) is 4.90 Å². The second kappa shape index (κ2) is 5.98. The van der Waals surface area contributed by atoms with Crippen LogP contribution in [0.3, 0.4) is 0 Å². The van der Waals surface area contributed by atoms with Gasteiger partial charge in [0.15, 0.2) is 5.96 Å². The van der Waals surface area contributed by atoms with Gasteiger partial charge in [0.25, 0.3) is 11.8 Å². The standard InChI is InChI=1S/C18H19F3N4OS/c1-16(12-8-9-13(22)27-12)18(21,14(26)25(3)15(23)24-16)11-6-4-10(5-7-11)17(2,19)20/h4-9H,22H2,1-3H3,(H2,23,24)/t16-,18+/m1/s1. The molecule has 144 valence electrons. The van der Waals surface area contributed by atoms with Gasteiger partial charge in [0.1, 0.15) is 5.54 Å². The van der Waals surface area contributed by atoms with Gasteiger partial charge >= 0.3 is 0 Å². The van der Waals surface area contributed by atoms with E-state index in [0.717, 1.165) is 35.3 Å². The van der Waals surface area contributed by atoms with Crippen molar-refractivity contribution in [2.45, 2.75) is 31.0 Å². The van der Waals surface area contributed by atoms with Gasteiger partial charge < -0.3 is 11.5 Å². The molecule has 5 nitrogen and oxygen atoms in total. The number of benzene rings is 1. The highest BCUT2D eigenvalue weighted by molar-refractivity contribution is 7.16. The van der Waals surface area contributed by atoms with E-state index in [1.54, 1.807) is 12.1 Å². The van der Waals surface area contributed by atoms with Crippen LogP contribution in [0.25, 0.3) is 0 Å². The molecule has 1 aliphatic rings. The van der Waals surface area contributed by atoms with Gasteiger partial charge in [-0.3, -0.25) is 9.69 Å². The van der Waals surface area contributed by atoms with Gasteiger partial charge in [0.2, 0.25) is 5.67 Å². The fourth-order valence-corrected chi connectivity index (χ4v) is 4.07. The number of carbonyl (C=O) groups is 1. The van der Waals surface area contributed by atoms with Gasteiger partial charge in [-0.2, -0.15) is 0 Å². The zero-order valence-corrected chi connectivity index (χ0v) is 15.8. The molecule has 1 aliphatic heterocycles. The fraction of sp³-hybridized carbons (Fsp3) is 0.333. The van der Waals surface area contributed by atoms with Gasteiger partial charge in [-0.1, -0.05) is 24.3 Å². The first-order valence-electron chi connectivity index (χ1n) is 8.08. The lowest BCUT2D eigenvalue weighted by molar-refractivity contribution is -0.146. The van der Waals surface area contributed by atoms with Crippen LogP contribution in [0.4, 0.5) is 18.2 Å². The Morgan fingerprint density at radius 3 is 2.22 bits per heavy atom. The van der Waals surface area contributed by atoms with Crippen molar-refractivity contribution in [3.63, 3.8) is 0 Å². The van der Waals surface area contributed by atoms with Crippen LogP contribution in [-0.4, -0.2) is 23.8 Å². The number of hydrogen-bond donors (Lipinski definition) is 2. The number of carbonyl (C=O) groups excluding carboxylic acids is 1. The molecule has 4 N–H and O–H groups in total. The number of alkyl halides is 3. The number of guanidine groups is 1. The third-order valence-electron chi connectivity index (χ3n) is 4.85. The van der Waals surface area contributed by atoms with E-state index in [2.05, 4.69) is 4.99 Å². The SMILES string of the molecule is CN1C(=O)[C@@](F)(c2ccc(C(C)(F)F)cc2)[C@@](C)(c2ccc(N)s2)N=C1N. The minimum absolute atomic E-state index is 0.0851. The van der Waals surface area contributed by atoms with Gasteiger partial charge in [-0.05, 0) is 19.1 Å². The number of nitrogens with two attached hydrogens (primary N) is 2. The summed E-state index contributed by atoms with van der Waals surface area (Å²) < 4.78 is 43.5. The Labute approximate surface area is 158 Å². The number of nitrogens with zero attached hydrogens (tertiary/aromatic N) is 2. The number of halogens is 3. The van der Waals surface area contributed by atoms with E-state index in [9.17, 15) is 13.6 Å². The highest BCUT2D eigenvalue weighted by Crippen LogP contribution is 2.52. The Hall–Kier alpha value is -2.55. The number of anilines is 1. The summed E-state index contributed by atoms with van der Waals surface area (Å²) in [6.45, 7) is 2.19. The van der Waals surface area contributed by atoms with Crippen LogP contribution in [-0.2, 0) is 21.9 Å². The predicted octanol–water partition coefficient (Wildman–Crippen LogP) is 3.31. The molecule has 0 aliphatic carbocycles. The molecule has 3 rings (SSSR count). The summed E-state index contributed by atoms with van der Waals surface area (Å²) in [5.74, 6) is -4.15. The minimum Gasteiger partial charge on any atom is -0.391 e. The van der Waals surface area contributed by atoms with Crippen LogP contribution in [0.15, 0.2) is 41.4 Å². The summed E-state index contributed by atoms with van der Waals surface area (Å²) in [5.41, 5.74) is 6.89. The molecule has 27 heavy (non-hydrogen) atoms. The van der Waals surface area contributed by atoms with Crippen molar-refractivity contribution in [2.24, 2.45) is 10.7 Å². The van der Waals surface area contributed by atoms with Crippen molar-refractivity contribution < 1.29 is 18.0 Å². The lowest BCUT2D eigenvalue weighted by atomic mass is 9.74. The van der Waals surface area contributed by atoms with Gasteiger partial charge in [0, 0.05) is 30.0 Å². The molecule has 0 saturated carbocycles. The molecule has 0 fully saturated rings. The average Bonchev–Trinajstić information content (AvgIpc) is 3.04. The number of rotatable bonds is 3. The highest BCUT2D eigenvalue weighted by atomic mass is 32.1. The summed E-state index contributed by atoms with van der Waals surface area (Å²) in [6, 6.07) is 7.75. The summed E-state index contributed by atoms with van der Waals surface area (Å²) in [6.07, 6.45) is 0. The number of amides is 1. The lowest BCUT2D eigenvalue weighted by Crippen LogP contribution is -2.61. The molecule has 2 heterocycles. The van der Waals surface area contributed by atoms with Gasteiger partial charge in [-0.15, -0.1) is 11.3 Å².